The Morgan fingerprint density at radius 2 is 1.75 bits per heavy atom. The van der Waals surface area contributed by atoms with Crippen molar-refractivity contribution in [2.75, 3.05) is 20.8 Å². The molecule has 32 heavy (non-hydrogen) atoms. The number of benzene rings is 2. The summed E-state index contributed by atoms with van der Waals surface area (Å²) in [6.45, 7) is 5.32. The van der Waals surface area contributed by atoms with Gasteiger partial charge in [-0.15, -0.1) is 0 Å². The number of hydrogen-bond acceptors (Lipinski definition) is 6. The van der Waals surface area contributed by atoms with Crippen LogP contribution in [0.3, 0.4) is 0 Å². The zero-order chi connectivity index (χ0) is 23.0. The van der Waals surface area contributed by atoms with Gasteiger partial charge in [0.15, 0.2) is 18.1 Å². The van der Waals surface area contributed by atoms with Gasteiger partial charge in [-0.3, -0.25) is 4.79 Å². The van der Waals surface area contributed by atoms with E-state index in [1.54, 1.807) is 27.2 Å². The molecule has 0 saturated heterocycles. The molecule has 3 aromatic rings. The minimum absolute atomic E-state index is 0.109. The van der Waals surface area contributed by atoms with Crippen LogP contribution in [-0.4, -0.2) is 26.7 Å². The Morgan fingerprint density at radius 3 is 2.47 bits per heavy atom. The van der Waals surface area contributed by atoms with Crippen LogP contribution in [0.2, 0.25) is 0 Å². The van der Waals surface area contributed by atoms with Crippen molar-refractivity contribution in [3.05, 3.63) is 62.5 Å². The third-order valence-corrected chi connectivity index (χ3v) is 6.24. The molecule has 7 heteroatoms. The van der Waals surface area contributed by atoms with Gasteiger partial charge in [-0.2, -0.15) is 0 Å². The van der Waals surface area contributed by atoms with E-state index in [1.807, 2.05) is 32.0 Å². The molecule has 0 bridgehead atoms. The van der Waals surface area contributed by atoms with Crippen molar-refractivity contribution >= 4 is 16.9 Å². The molecule has 168 valence electrons. The minimum atomic E-state index is -0.361. The lowest BCUT2D eigenvalue weighted by atomic mass is 10.0. The van der Waals surface area contributed by atoms with Crippen LogP contribution < -0.4 is 25.2 Å². The third kappa shape index (κ3) is 3.79. The Hall–Kier alpha value is -3.48. The summed E-state index contributed by atoms with van der Waals surface area (Å²) in [5.41, 5.74) is 4.47. The average Bonchev–Trinajstić information content (AvgIpc) is 3.17. The first-order valence-corrected chi connectivity index (χ1v) is 10.5. The van der Waals surface area contributed by atoms with Gasteiger partial charge in [-0.1, -0.05) is 0 Å². The first-order chi connectivity index (χ1) is 15.3. The highest BCUT2D eigenvalue weighted by atomic mass is 16.5. The first-order valence-electron chi connectivity index (χ1n) is 10.5. The van der Waals surface area contributed by atoms with Crippen LogP contribution >= 0.6 is 0 Å². The molecule has 0 saturated carbocycles. The summed E-state index contributed by atoms with van der Waals surface area (Å²) < 4.78 is 22.0. The Labute approximate surface area is 186 Å². The summed E-state index contributed by atoms with van der Waals surface area (Å²) in [5, 5.41) is 3.91. The number of rotatable bonds is 6. The molecule has 1 N–H and O–H groups in total. The van der Waals surface area contributed by atoms with E-state index < -0.39 is 0 Å². The fourth-order valence-corrected chi connectivity index (χ4v) is 4.24. The molecule has 0 aliphatic heterocycles. The maximum absolute atomic E-state index is 12.6. The lowest BCUT2D eigenvalue weighted by Gasteiger charge is -2.17. The van der Waals surface area contributed by atoms with E-state index in [2.05, 4.69) is 5.32 Å². The lowest BCUT2D eigenvalue weighted by molar-refractivity contribution is -0.123. The monoisotopic (exact) mass is 437 g/mol. The van der Waals surface area contributed by atoms with Gasteiger partial charge in [0.05, 0.1) is 20.3 Å². The number of amides is 1. The smallest absolute Gasteiger partial charge is 0.339 e. The zero-order valence-corrected chi connectivity index (χ0v) is 19.0. The Balaban J connectivity index is 1.48. The topological polar surface area (TPSA) is 87.0 Å². The van der Waals surface area contributed by atoms with Crippen LogP contribution in [0.15, 0.2) is 33.5 Å². The normalized spacial score (nSPS) is 14.8. The standard InChI is InChI=1S/C25H27NO6/c1-13-14(2)25(28)32-24-15(3)20(9-7-17(13)24)31-12-23(27)26-19-8-6-16-10-21(29-4)22(30-5)11-18(16)19/h7,9-11,19H,6,8,12H2,1-5H3,(H,26,27)/t19-/m0/s1. The van der Waals surface area contributed by atoms with Gasteiger partial charge in [0.25, 0.3) is 5.91 Å². The third-order valence-electron chi connectivity index (χ3n) is 6.24. The summed E-state index contributed by atoms with van der Waals surface area (Å²) in [5.74, 6) is 1.61. The van der Waals surface area contributed by atoms with Gasteiger partial charge in [-0.25, -0.2) is 4.79 Å². The fourth-order valence-electron chi connectivity index (χ4n) is 4.24. The number of ether oxygens (including phenoxy) is 3. The highest BCUT2D eigenvalue weighted by molar-refractivity contribution is 5.86. The molecule has 7 nitrogen and oxygen atoms in total. The van der Waals surface area contributed by atoms with Crippen LogP contribution in [0.25, 0.3) is 11.0 Å². The number of nitrogens with one attached hydrogen (secondary N) is 1. The second-order valence-corrected chi connectivity index (χ2v) is 8.06. The maximum Gasteiger partial charge on any atom is 0.339 e. The van der Waals surface area contributed by atoms with Gasteiger partial charge in [0.2, 0.25) is 0 Å². The number of hydrogen-bond donors (Lipinski definition) is 1. The van der Waals surface area contributed by atoms with E-state index in [0.29, 0.717) is 34.0 Å². The number of carbonyl (C=O) groups excluding carboxylic acids is 1. The van der Waals surface area contributed by atoms with Crippen molar-refractivity contribution < 1.29 is 23.4 Å². The quantitative estimate of drug-likeness (QED) is 0.588. The molecule has 1 amide bonds. The van der Waals surface area contributed by atoms with Gasteiger partial charge < -0.3 is 23.9 Å². The predicted molar refractivity (Wildman–Crippen MR) is 121 cm³/mol. The van der Waals surface area contributed by atoms with E-state index in [4.69, 9.17) is 18.6 Å². The molecular formula is C25H27NO6. The Kier molecular flexibility index (Phi) is 5.82. The number of methoxy groups -OCH3 is 2. The Morgan fingerprint density at radius 1 is 1.03 bits per heavy atom. The van der Waals surface area contributed by atoms with E-state index in [-0.39, 0.29) is 24.2 Å². The molecule has 1 aromatic heterocycles. The number of carbonyl (C=O) groups is 1. The van der Waals surface area contributed by atoms with Gasteiger partial charge in [0.1, 0.15) is 11.3 Å². The van der Waals surface area contributed by atoms with Crippen molar-refractivity contribution in [2.45, 2.75) is 39.7 Å². The van der Waals surface area contributed by atoms with Crippen molar-refractivity contribution in [2.24, 2.45) is 0 Å². The first kappa shape index (κ1) is 21.7. The van der Waals surface area contributed by atoms with Crippen LogP contribution in [0.4, 0.5) is 0 Å². The molecule has 1 aliphatic rings. The molecule has 2 aromatic carbocycles. The predicted octanol–water partition coefficient (Wildman–Crippen LogP) is 3.92. The van der Waals surface area contributed by atoms with Crippen molar-refractivity contribution in [3.8, 4) is 17.2 Å². The summed E-state index contributed by atoms with van der Waals surface area (Å²) in [4.78, 5) is 24.7. The molecule has 1 aliphatic carbocycles. The SMILES string of the molecule is COc1cc2c(cc1OC)[C@@H](NC(=O)COc1ccc3c(C)c(C)c(=O)oc3c1C)CC2. The van der Waals surface area contributed by atoms with Crippen LogP contribution in [0.1, 0.15) is 40.3 Å². The second kappa shape index (κ2) is 8.57. The maximum atomic E-state index is 12.6. The van der Waals surface area contributed by atoms with E-state index in [9.17, 15) is 9.59 Å². The summed E-state index contributed by atoms with van der Waals surface area (Å²) in [7, 11) is 3.20. The summed E-state index contributed by atoms with van der Waals surface area (Å²) >= 11 is 0. The largest absolute Gasteiger partial charge is 0.493 e. The molecule has 0 unspecified atom stereocenters. The van der Waals surface area contributed by atoms with Gasteiger partial charge in [-0.05, 0) is 74.6 Å². The summed E-state index contributed by atoms with van der Waals surface area (Å²) in [6.07, 6.45) is 1.65. The van der Waals surface area contributed by atoms with E-state index in [1.165, 1.54) is 0 Å². The fraction of sp³-hybridized carbons (Fsp3) is 0.360. The van der Waals surface area contributed by atoms with Crippen LogP contribution in [0, 0.1) is 20.8 Å². The van der Waals surface area contributed by atoms with Crippen molar-refractivity contribution in [1.29, 1.82) is 0 Å². The van der Waals surface area contributed by atoms with E-state index >= 15 is 0 Å². The highest BCUT2D eigenvalue weighted by Gasteiger charge is 2.26. The molecule has 1 heterocycles. The molecular weight excluding hydrogens is 410 g/mol. The van der Waals surface area contributed by atoms with Crippen molar-refractivity contribution in [1.82, 2.24) is 5.32 Å². The second-order valence-electron chi connectivity index (χ2n) is 8.06. The molecule has 0 radical (unpaired) electrons. The number of fused-ring (bicyclic) bond motifs is 2. The molecule has 0 spiro atoms. The van der Waals surface area contributed by atoms with Crippen LogP contribution in [-0.2, 0) is 11.2 Å². The van der Waals surface area contributed by atoms with Gasteiger partial charge >= 0.3 is 5.63 Å². The van der Waals surface area contributed by atoms with Gasteiger partial charge in [0, 0.05) is 16.5 Å². The summed E-state index contributed by atoms with van der Waals surface area (Å²) in [6, 6.07) is 7.44. The van der Waals surface area contributed by atoms with Crippen molar-refractivity contribution in [3.63, 3.8) is 0 Å². The molecule has 4 rings (SSSR count). The molecule has 0 fully saturated rings. The van der Waals surface area contributed by atoms with Crippen LogP contribution in [0.5, 0.6) is 17.2 Å². The Bertz CT molecular complexity index is 1260. The van der Waals surface area contributed by atoms with E-state index in [0.717, 1.165) is 34.9 Å². The lowest BCUT2D eigenvalue weighted by Crippen LogP contribution is -2.31. The minimum Gasteiger partial charge on any atom is -0.493 e. The number of aryl methyl sites for hydroxylation is 3. The molecule has 1 atom stereocenters. The zero-order valence-electron chi connectivity index (χ0n) is 19.0. The highest BCUT2D eigenvalue weighted by Crippen LogP contribution is 2.39. The average molecular weight is 437 g/mol.